The Morgan fingerprint density at radius 2 is 1.81 bits per heavy atom. The van der Waals surface area contributed by atoms with Gasteiger partial charge >= 0.3 is 0 Å². The standard InChI is InChI=1S/C18H16N2O/c1-13(21)20-11-10-18(15-7-3-5-9-17(15)20)12-19-16-8-4-2-6-14(16)18/h2-9,12H,10-11H2,1H3. The highest BCUT2D eigenvalue weighted by atomic mass is 16.2. The molecule has 0 radical (unpaired) electrons. The minimum Gasteiger partial charge on any atom is -0.312 e. The zero-order valence-corrected chi connectivity index (χ0v) is 11.9. The van der Waals surface area contributed by atoms with E-state index in [-0.39, 0.29) is 11.3 Å². The third kappa shape index (κ3) is 1.60. The molecular formula is C18H16N2O. The third-order valence-corrected chi connectivity index (χ3v) is 4.59. The van der Waals surface area contributed by atoms with Crippen molar-refractivity contribution in [1.82, 2.24) is 0 Å². The minimum atomic E-state index is -0.181. The van der Waals surface area contributed by atoms with Gasteiger partial charge in [-0.25, -0.2) is 0 Å². The smallest absolute Gasteiger partial charge is 0.223 e. The van der Waals surface area contributed by atoms with Crippen molar-refractivity contribution in [3.8, 4) is 0 Å². The summed E-state index contributed by atoms with van der Waals surface area (Å²) in [6, 6.07) is 16.5. The predicted octanol–water partition coefficient (Wildman–Crippen LogP) is 3.45. The number of fused-ring (bicyclic) bond motifs is 4. The molecule has 2 aromatic carbocycles. The molecule has 3 heteroatoms. The van der Waals surface area contributed by atoms with Crippen LogP contribution in [-0.2, 0) is 10.2 Å². The van der Waals surface area contributed by atoms with Crippen LogP contribution in [0.1, 0.15) is 24.5 Å². The van der Waals surface area contributed by atoms with Crippen LogP contribution in [0.25, 0.3) is 0 Å². The van der Waals surface area contributed by atoms with Gasteiger partial charge in [-0.1, -0.05) is 36.4 Å². The lowest BCUT2D eigenvalue weighted by atomic mass is 9.71. The first kappa shape index (κ1) is 12.3. The summed E-state index contributed by atoms with van der Waals surface area (Å²) in [7, 11) is 0. The first-order valence-corrected chi connectivity index (χ1v) is 7.25. The number of benzene rings is 2. The largest absolute Gasteiger partial charge is 0.312 e. The van der Waals surface area contributed by atoms with Gasteiger partial charge in [0, 0.05) is 25.4 Å². The molecule has 2 aliphatic rings. The summed E-state index contributed by atoms with van der Waals surface area (Å²) < 4.78 is 0. The van der Waals surface area contributed by atoms with Gasteiger partial charge in [0.2, 0.25) is 5.91 Å². The summed E-state index contributed by atoms with van der Waals surface area (Å²) in [5.74, 6) is 0.0977. The molecule has 21 heavy (non-hydrogen) atoms. The van der Waals surface area contributed by atoms with Crippen LogP contribution in [-0.4, -0.2) is 18.7 Å². The number of carbonyl (C=O) groups is 1. The molecule has 0 saturated carbocycles. The van der Waals surface area contributed by atoms with Crippen LogP contribution in [0.5, 0.6) is 0 Å². The number of rotatable bonds is 0. The van der Waals surface area contributed by atoms with E-state index in [0.29, 0.717) is 0 Å². The number of nitrogens with zero attached hydrogens (tertiary/aromatic N) is 2. The Balaban J connectivity index is 1.96. The highest BCUT2D eigenvalue weighted by Crippen LogP contribution is 2.49. The van der Waals surface area contributed by atoms with Gasteiger partial charge in [0.1, 0.15) is 0 Å². The highest BCUT2D eigenvalue weighted by molar-refractivity contribution is 5.98. The lowest BCUT2D eigenvalue weighted by Gasteiger charge is -2.39. The fraction of sp³-hybridized carbons (Fsp3) is 0.222. The molecule has 2 heterocycles. The van der Waals surface area contributed by atoms with Gasteiger partial charge in [0.25, 0.3) is 0 Å². The second kappa shape index (κ2) is 4.29. The number of hydrogen-bond donors (Lipinski definition) is 0. The van der Waals surface area contributed by atoms with E-state index in [1.165, 1.54) is 11.1 Å². The molecule has 2 aliphatic heterocycles. The fourth-order valence-electron chi connectivity index (χ4n) is 3.58. The van der Waals surface area contributed by atoms with Crippen LogP contribution in [0.4, 0.5) is 11.4 Å². The SMILES string of the molecule is CC(=O)N1CCC2(C=Nc3ccccc32)c2ccccc21. The van der Waals surface area contributed by atoms with Crippen molar-refractivity contribution in [1.29, 1.82) is 0 Å². The molecule has 0 aromatic heterocycles. The maximum Gasteiger partial charge on any atom is 0.223 e. The predicted molar refractivity (Wildman–Crippen MR) is 84.5 cm³/mol. The van der Waals surface area contributed by atoms with Gasteiger partial charge in [-0.05, 0) is 29.7 Å². The Labute approximate surface area is 123 Å². The maximum absolute atomic E-state index is 11.9. The molecule has 1 amide bonds. The van der Waals surface area contributed by atoms with Crippen molar-refractivity contribution in [2.75, 3.05) is 11.4 Å². The van der Waals surface area contributed by atoms with E-state index in [9.17, 15) is 4.79 Å². The Kier molecular flexibility index (Phi) is 2.52. The molecule has 4 rings (SSSR count). The van der Waals surface area contributed by atoms with Gasteiger partial charge in [0.15, 0.2) is 0 Å². The van der Waals surface area contributed by atoms with Crippen LogP contribution in [0.15, 0.2) is 53.5 Å². The Bertz CT molecular complexity index is 765. The second-order valence-corrected chi connectivity index (χ2v) is 5.68. The van der Waals surface area contributed by atoms with Crippen LogP contribution >= 0.6 is 0 Å². The quantitative estimate of drug-likeness (QED) is 0.725. The molecule has 0 N–H and O–H groups in total. The van der Waals surface area contributed by atoms with Crippen LogP contribution in [0.2, 0.25) is 0 Å². The van der Waals surface area contributed by atoms with Gasteiger partial charge in [0.05, 0.1) is 11.1 Å². The summed E-state index contributed by atoms with van der Waals surface area (Å²) in [5, 5.41) is 0. The summed E-state index contributed by atoms with van der Waals surface area (Å²) in [6.45, 7) is 2.36. The molecular weight excluding hydrogens is 260 g/mol. The molecule has 3 nitrogen and oxygen atoms in total. The molecule has 104 valence electrons. The molecule has 0 fully saturated rings. The fourth-order valence-corrected chi connectivity index (χ4v) is 3.58. The average Bonchev–Trinajstić information content (AvgIpc) is 2.88. The number of carbonyl (C=O) groups excluding carboxylic acids is 1. The maximum atomic E-state index is 11.9. The number of anilines is 1. The number of hydrogen-bond acceptors (Lipinski definition) is 2. The summed E-state index contributed by atoms with van der Waals surface area (Å²) in [6.07, 6.45) is 2.94. The second-order valence-electron chi connectivity index (χ2n) is 5.68. The van der Waals surface area contributed by atoms with Crippen molar-refractivity contribution < 1.29 is 4.79 Å². The van der Waals surface area contributed by atoms with Crippen LogP contribution in [0, 0.1) is 0 Å². The highest BCUT2D eigenvalue weighted by Gasteiger charge is 2.43. The van der Waals surface area contributed by atoms with Crippen molar-refractivity contribution in [3.63, 3.8) is 0 Å². The molecule has 2 aromatic rings. The zero-order chi connectivity index (χ0) is 14.4. The summed E-state index contributed by atoms with van der Waals surface area (Å²) in [5.41, 5.74) is 4.31. The molecule has 0 saturated heterocycles. The van der Waals surface area contributed by atoms with Gasteiger partial charge in [-0.2, -0.15) is 0 Å². The zero-order valence-electron chi connectivity index (χ0n) is 11.9. The van der Waals surface area contributed by atoms with Gasteiger partial charge in [-0.15, -0.1) is 0 Å². The number of amides is 1. The molecule has 1 unspecified atom stereocenters. The van der Waals surface area contributed by atoms with Gasteiger partial charge < -0.3 is 4.90 Å². The lowest BCUT2D eigenvalue weighted by molar-refractivity contribution is -0.116. The summed E-state index contributed by atoms with van der Waals surface area (Å²) in [4.78, 5) is 18.4. The van der Waals surface area contributed by atoms with Crippen LogP contribution < -0.4 is 4.90 Å². The minimum absolute atomic E-state index is 0.0977. The number of aliphatic imine (C=N–C) groups is 1. The van der Waals surface area contributed by atoms with Crippen molar-refractivity contribution in [2.45, 2.75) is 18.8 Å². The molecule has 1 atom stereocenters. The number of para-hydroxylation sites is 2. The molecule has 0 bridgehead atoms. The normalized spacial score (nSPS) is 22.2. The van der Waals surface area contributed by atoms with E-state index >= 15 is 0 Å². The van der Waals surface area contributed by atoms with E-state index in [4.69, 9.17) is 0 Å². The van der Waals surface area contributed by atoms with E-state index in [0.717, 1.165) is 24.3 Å². The van der Waals surface area contributed by atoms with E-state index in [1.54, 1.807) is 6.92 Å². The van der Waals surface area contributed by atoms with Crippen molar-refractivity contribution >= 4 is 23.5 Å². The first-order chi connectivity index (χ1) is 10.2. The van der Waals surface area contributed by atoms with Gasteiger partial charge in [-0.3, -0.25) is 9.79 Å². The molecule has 1 spiro atoms. The monoisotopic (exact) mass is 276 g/mol. The Morgan fingerprint density at radius 1 is 1.10 bits per heavy atom. The third-order valence-electron chi connectivity index (χ3n) is 4.59. The van der Waals surface area contributed by atoms with E-state index in [1.807, 2.05) is 29.2 Å². The Hall–Kier alpha value is -2.42. The average molecular weight is 276 g/mol. The van der Waals surface area contributed by atoms with E-state index < -0.39 is 0 Å². The topological polar surface area (TPSA) is 32.7 Å². The first-order valence-electron chi connectivity index (χ1n) is 7.25. The van der Waals surface area contributed by atoms with E-state index in [2.05, 4.69) is 35.5 Å². The lowest BCUT2D eigenvalue weighted by Crippen LogP contribution is -2.43. The van der Waals surface area contributed by atoms with Crippen LogP contribution in [0.3, 0.4) is 0 Å². The van der Waals surface area contributed by atoms with Crippen molar-refractivity contribution in [3.05, 3.63) is 59.7 Å². The Morgan fingerprint density at radius 3 is 2.62 bits per heavy atom. The summed E-state index contributed by atoms with van der Waals surface area (Å²) >= 11 is 0. The van der Waals surface area contributed by atoms with Crippen molar-refractivity contribution in [2.24, 2.45) is 4.99 Å². The molecule has 0 aliphatic carbocycles.